The predicted molar refractivity (Wildman–Crippen MR) is 78.3 cm³/mol. The quantitative estimate of drug-likeness (QED) is 0.690. The third-order valence-electron chi connectivity index (χ3n) is 3.54. The normalized spacial score (nSPS) is 14.9. The molecule has 0 saturated carbocycles. The van der Waals surface area contributed by atoms with Gasteiger partial charge in [-0.2, -0.15) is 5.26 Å². The zero-order chi connectivity index (χ0) is 12.7. The first-order valence-corrected chi connectivity index (χ1v) is 16.2. The fourth-order valence-electron chi connectivity index (χ4n) is 3.88. The summed E-state index contributed by atoms with van der Waals surface area (Å²) in [5.74, 6) is 0. The molecule has 0 bridgehead atoms. The van der Waals surface area contributed by atoms with Crippen molar-refractivity contribution in [2.75, 3.05) is 0 Å². The van der Waals surface area contributed by atoms with Gasteiger partial charge >= 0.3 is 0 Å². The van der Waals surface area contributed by atoms with Crippen LogP contribution in [-0.4, -0.2) is 24.2 Å². The molecule has 0 fully saturated rings. The second-order valence-electron chi connectivity index (χ2n) is 7.61. The van der Waals surface area contributed by atoms with Crippen molar-refractivity contribution in [2.24, 2.45) is 0 Å². The van der Waals surface area contributed by atoms with Crippen LogP contribution in [0.4, 0.5) is 0 Å². The standard InChI is InChI=1S/C11H27NSi3/c1-13(2,3)11(10-12,14(4,5)6)15(7,8)9/h1-9H3. The third kappa shape index (κ3) is 2.29. The molecule has 0 radical (unpaired) electrons. The Morgan fingerprint density at radius 2 is 0.867 bits per heavy atom. The fraction of sp³-hybridized carbons (Fsp3) is 0.909. The minimum absolute atomic E-state index is 0.0764. The summed E-state index contributed by atoms with van der Waals surface area (Å²) in [6.07, 6.45) is 0. The highest BCUT2D eigenvalue weighted by atomic mass is 28.5. The van der Waals surface area contributed by atoms with Gasteiger partial charge in [-0.1, -0.05) is 58.9 Å². The maximum atomic E-state index is 9.84. The van der Waals surface area contributed by atoms with Crippen LogP contribution in [0, 0.1) is 11.3 Å². The van der Waals surface area contributed by atoms with E-state index in [1.165, 1.54) is 0 Å². The Labute approximate surface area is 98.9 Å². The van der Waals surface area contributed by atoms with Crippen molar-refractivity contribution in [1.82, 2.24) is 0 Å². The van der Waals surface area contributed by atoms with Gasteiger partial charge in [0.05, 0.1) is 30.3 Å². The van der Waals surface area contributed by atoms with Crippen molar-refractivity contribution in [3.63, 3.8) is 0 Å². The van der Waals surface area contributed by atoms with Crippen LogP contribution < -0.4 is 0 Å². The number of hydrogen-bond acceptors (Lipinski definition) is 1. The lowest BCUT2D eigenvalue weighted by molar-refractivity contribution is 1.13. The molecule has 0 N–H and O–H groups in total. The molecule has 0 spiro atoms. The van der Waals surface area contributed by atoms with Gasteiger partial charge in [0, 0.05) is 4.28 Å². The molecule has 0 aromatic heterocycles. The van der Waals surface area contributed by atoms with Crippen molar-refractivity contribution in [1.29, 1.82) is 5.26 Å². The molecule has 0 aliphatic heterocycles. The maximum absolute atomic E-state index is 9.84. The highest BCUT2D eigenvalue weighted by Crippen LogP contribution is 2.52. The molecule has 1 nitrogen and oxygen atoms in total. The van der Waals surface area contributed by atoms with Gasteiger partial charge in [0.2, 0.25) is 0 Å². The van der Waals surface area contributed by atoms with Gasteiger partial charge in [-0.25, -0.2) is 0 Å². The molecule has 0 rings (SSSR count). The van der Waals surface area contributed by atoms with Crippen molar-refractivity contribution in [3.05, 3.63) is 0 Å². The van der Waals surface area contributed by atoms with Crippen LogP contribution in [0.15, 0.2) is 0 Å². The van der Waals surface area contributed by atoms with Crippen LogP contribution in [0.5, 0.6) is 0 Å². The summed E-state index contributed by atoms with van der Waals surface area (Å²) in [7, 11) is -4.34. The predicted octanol–water partition coefficient (Wildman–Crippen LogP) is 4.34. The smallest absolute Gasteiger partial charge is 0.0610 e. The summed E-state index contributed by atoms with van der Waals surface area (Å²) in [6.45, 7) is 21.4. The van der Waals surface area contributed by atoms with Crippen molar-refractivity contribution in [2.45, 2.75) is 63.2 Å². The maximum Gasteiger partial charge on any atom is 0.0610 e. The molecule has 4 heteroatoms. The molecule has 0 saturated heterocycles. The second kappa shape index (κ2) is 3.86. The average Bonchev–Trinajstić information content (AvgIpc) is 1.76. The Bertz CT molecular complexity index is 234. The first-order valence-electron chi connectivity index (χ1n) is 5.72. The molecule has 0 aromatic carbocycles. The van der Waals surface area contributed by atoms with E-state index in [0.29, 0.717) is 0 Å². The Hall–Kier alpha value is 0.141. The van der Waals surface area contributed by atoms with Gasteiger partial charge in [0.15, 0.2) is 0 Å². The fourth-order valence-corrected chi connectivity index (χ4v) is 31.9. The van der Waals surface area contributed by atoms with E-state index in [1.807, 2.05) is 0 Å². The summed E-state index contributed by atoms with van der Waals surface area (Å²) in [5, 5.41) is 9.84. The molecule has 0 unspecified atom stereocenters. The van der Waals surface area contributed by atoms with E-state index in [9.17, 15) is 5.26 Å². The lowest BCUT2D eigenvalue weighted by Crippen LogP contribution is -2.64. The van der Waals surface area contributed by atoms with Gasteiger partial charge in [-0.15, -0.1) is 0 Å². The molecule has 0 heterocycles. The first kappa shape index (κ1) is 15.1. The van der Waals surface area contributed by atoms with Gasteiger partial charge in [0.1, 0.15) is 0 Å². The topological polar surface area (TPSA) is 23.8 Å². The van der Waals surface area contributed by atoms with Crippen molar-refractivity contribution < 1.29 is 0 Å². The summed E-state index contributed by atoms with van der Waals surface area (Å²) in [6, 6.07) is 2.82. The molecule has 0 amide bonds. The van der Waals surface area contributed by atoms with E-state index in [2.05, 4.69) is 65.0 Å². The van der Waals surface area contributed by atoms with Crippen LogP contribution in [0.1, 0.15) is 0 Å². The molecule has 88 valence electrons. The van der Waals surface area contributed by atoms with Crippen LogP contribution in [0.3, 0.4) is 0 Å². The average molecular weight is 258 g/mol. The highest BCUT2D eigenvalue weighted by molar-refractivity contribution is 7.16. The summed E-state index contributed by atoms with van der Waals surface area (Å²) >= 11 is 0. The Morgan fingerprint density at radius 3 is 0.867 bits per heavy atom. The van der Waals surface area contributed by atoms with E-state index >= 15 is 0 Å². The zero-order valence-corrected chi connectivity index (χ0v) is 14.9. The number of nitriles is 1. The molecule has 0 aliphatic carbocycles. The van der Waals surface area contributed by atoms with Crippen LogP contribution >= 0.6 is 0 Å². The SMILES string of the molecule is C[Si](C)(C)C(C#N)([Si](C)(C)C)[Si](C)(C)C. The summed E-state index contributed by atoms with van der Waals surface area (Å²) in [4.78, 5) is 0. The van der Waals surface area contributed by atoms with E-state index in [4.69, 9.17) is 0 Å². The second-order valence-corrected chi connectivity index (χ2v) is 24.9. The van der Waals surface area contributed by atoms with Crippen LogP contribution in [0.25, 0.3) is 0 Å². The lowest BCUT2D eigenvalue weighted by atomic mass is 10.9. The van der Waals surface area contributed by atoms with E-state index < -0.39 is 24.2 Å². The van der Waals surface area contributed by atoms with E-state index in [0.717, 1.165) is 0 Å². The van der Waals surface area contributed by atoms with Crippen LogP contribution in [0.2, 0.25) is 63.2 Å². The molecular weight excluding hydrogens is 230 g/mol. The van der Waals surface area contributed by atoms with Gasteiger partial charge < -0.3 is 0 Å². The summed E-state index contributed by atoms with van der Waals surface area (Å²) < 4.78 is 0.0764. The largest absolute Gasteiger partial charge is 0.199 e. The third-order valence-corrected chi connectivity index (χ3v) is 24.1. The zero-order valence-electron chi connectivity index (χ0n) is 11.9. The van der Waals surface area contributed by atoms with Gasteiger partial charge in [0.25, 0.3) is 0 Å². The van der Waals surface area contributed by atoms with Crippen molar-refractivity contribution >= 4 is 24.2 Å². The molecule has 0 aromatic rings. The monoisotopic (exact) mass is 257 g/mol. The van der Waals surface area contributed by atoms with E-state index in [1.54, 1.807) is 0 Å². The minimum atomic E-state index is -1.45. The number of hydrogen-bond donors (Lipinski definition) is 0. The van der Waals surface area contributed by atoms with Crippen LogP contribution in [-0.2, 0) is 0 Å². The van der Waals surface area contributed by atoms with Gasteiger partial charge in [-0.05, 0) is 0 Å². The number of nitrogens with zero attached hydrogens (tertiary/aromatic N) is 1. The minimum Gasteiger partial charge on any atom is -0.199 e. The Balaban J connectivity index is 5.93. The lowest BCUT2D eigenvalue weighted by Gasteiger charge is -2.54. The Morgan fingerprint density at radius 1 is 0.667 bits per heavy atom. The Kier molecular flexibility index (Phi) is 3.90. The molecule has 15 heavy (non-hydrogen) atoms. The molecular formula is C11H27NSi3. The van der Waals surface area contributed by atoms with E-state index in [-0.39, 0.29) is 4.28 Å². The molecule has 0 aliphatic rings. The first-order chi connectivity index (χ1) is 6.31. The van der Waals surface area contributed by atoms with Crippen molar-refractivity contribution in [3.8, 4) is 6.07 Å². The van der Waals surface area contributed by atoms with Gasteiger partial charge in [-0.3, -0.25) is 0 Å². The highest BCUT2D eigenvalue weighted by Gasteiger charge is 2.60. The number of rotatable bonds is 3. The molecule has 0 atom stereocenters. The summed E-state index contributed by atoms with van der Waals surface area (Å²) in [5.41, 5.74) is 0.